The van der Waals surface area contributed by atoms with Gasteiger partial charge in [0.25, 0.3) is 0 Å². The first-order valence-corrected chi connectivity index (χ1v) is 8.32. The third kappa shape index (κ3) is 4.27. The summed E-state index contributed by atoms with van der Waals surface area (Å²) in [6, 6.07) is 1.07. The first kappa shape index (κ1) is 17.6. The monoisotopic (exact) mass is 313 g/mol. The third-order valence-corrected chi connectivity index (χ3v) is 4.86. The SMILES string of the molecule is CCCC1SCC(C(=O)O)N1C(=O)N(CC)CC(C)C#N. The van der Waals surface area contributed by atoms with Gasteiger partial charge in [-0.3, -0.25) is 4.90 Å². The standard InChI is InChI=1S/C14H23N3O3S/c1-4-6-12-17(11(9-21-12)13(18)19)14(20)16(5-2)8-10(3)7-15/h10-12H,4-6,8-9H2,1-3H3,(H,18,19). The van der Waals surface area contributed by atoms with Crippen molar-refractivity contribution in [1.29, 1.82) is 5.26 Å². The maximum atomic E-state index is 12.7. The summed E-state index contributed by atoms with van der Waals surface area (Å²) in [5, 5.41) is 18.1. The molecular formula is C14H23N3O3S. The maximum Gasteiger partial charge on any atom is 0.327 e. The molecule has 7 heteroatoms. The molecule has 3 atom stereocenters. The number of amides is 2. The molecule has 1 aliphatic rings. The van der Waals surface area contributed by atoms with E-state index in [2.05, 4.69) is 6.07 Å². The zero-order valence-electron chi connectivity index (χ0n) is 12.8. The lowest BCUT2D eigenvalue weighted by Crippen LogP contribution is -2.52. The summed E-state index contributed by atoms with van der Waals surface area (Å²) in [6.07, 6.45) is 1.68. The Hall–Kier alpha value is -1.42. The number of carboxylic acids is 1. The van der Waals surface area contributed by atoms with Crippen LogP contribution in [0.2, 0.25) is 0 Å². The molecule has 0 aliphatic carbocycles. The van der Waals surface area contributed by atoms with Crippen LogP contribution >= 0.6 is 11.8 Å². The number of nitriles is 1. The second-order valence-corrected chi connectivity index (χ2v) is 6.40. The number of carboxylic acid groups (broad SMARTS) is 1. The van der Waals surface area contributed by atoms with E-state index in [1.165, 1.54) is 16.7 Å². The average Bonchev–Trinajstić information content (AvgIpc) is 2.88. The van der Waals surface area contributed by atoms with Gasteiger partial charge in [-0.25, -0.2) is 9.59 Å². The van der Waals surface area contributed by atoms with Gasteiger partial charge >= 0.3 is 12.0 Å². The second-order valence-electron chi connectivity index (χ2n) is 5.19. The highest BCUT2D eigenvalue weighted by molar-refractivity contribution is 8.00. The van der Waals surface area contributed by atoms with Gasteiger partial charge in [-0.15, -0.1) is 11.8 Å². The number of hydrogen-bond acceptors (Lipinski definition) is 4. The smallest absolute Gasteiger partial charge is 0.327 e. The van der Waals surface area contributed by atoms with Crippen LogP contribution in [-0.4, -0.2) is 57.2 Å². The van der Waals surface area contributed by atoms with Crippen LogP contribution in [-0.2, 0) is 4.79 Å². The largest absolute Gasteiger partial charge is 0.480 e. The van der Waals surface area contributed by atoms with Crippen molar-refractivity contribution in [3.8, 4) is 6.07 Å². The molecule has 0 aromatic rings. The van der Waals surface area contributed by atoms with Gasteiger partial charge < -0.3 is 10.0 Å². The fourth-order valence-corrected chi connectivity index (χ4v) is 3.86. The number of carbonyl (C=O) groups is 2. The normalized spacial score (nSPS) is 22.7. The fourth-order valence-electron chi connectivity index (χ4n) is 2.36. The first-order valence-electron chi connectivity index (χ1n) is 7.27. The van der Waals surface area contributed by atoms with Crippen molar-refractivity contribution < 1.29 is 14.7 Å². The molecule has 118 valence electrons. The Bertz CT molecular complexity index is 424. The van der Waals surface area contributed by atoms with E-state index in [0.29, 0.717) is 18.8 Å². The molecule has 21 heavy (non-hydrogen) atoms. The van der Waals surface area contributed by atoms with Crippen LogP contribution in [0.15, 0.2) is 0 Å². The van der Waals surface area contributed by atoms with E-state index in [1.54, 1.807) is 11.8 Å². The molecule has 3 unspecified atom stereocenters. The van der Waals surface area contributed by atoms with Gasteiger partial charge in [-0.2, -0.15) is 5.26 Å². The molecule has 0 aromatic heterocycles. The second kappa shape index (κ2) is 8.13. The average molecular weight is 313 g/mol. The Morgan fingerprint density at radius 2 is 2.19 bits per heavy atom. The Kier molecular flexibility index (Phi) is 6.82. The Labute approximate surface area is 130 Å². The highest BCUT2D eigenvalue weighted by Crippen LogP contribution is 2.33. The van der Waals surface area contributed by atoms with E-state index in [1.807, 2.05) is 13.8 Å². The molecule has 1 fully saturated rings. The zero-order valence-corrected chi connectivity index (χ0v) is 13.6. The van der Waals surface area contributed by atoms with Crippen molar-refractivity contribution >= 4 is 23.8 Å². The molecule has 0 radical (unpaired) electrons. The molecule has 1 aliphatic heterocycles. The predicted octanol–water partition coefficient (Wildman–Crippen LogP) is 2.22. The van der Waals surface area contributed by atoms with Crippen LogP contribution < -0.4 is 0 Å². The minimum absolute atomic E-state index is 0.0879. The zero-order chi connectivity index (χ0) is 16.0. The molecule has 0 bridgehead atoms. The van der Waals surface area contributed by atoms with Crippen molar-refractivity contribution in [2.24, 2.45) is 5.92 Å². The van der Waals surface area contributed by atoms with E-state index in [0.717, 1.165) is 12.8 Å². The maximum absolute atomic E-state index is 12.7. The minimum Gasteiger partial charge on any atom is -0.480 e. The molecule has 6 nitrogen and oxygen atoms in total. The summed E-state index contributed by atoms with van der Waals surface area (Å²) >= 11 is 1.52. The minimum atomic E-state index is -0.959. The summed E-state index contributed by atoms with van der Waals surface area (Å²) in [4.78, 5) is 27.1. The first-order chi connectivity index (χ1) is 9.96. The lowest BCUT2D eigenvalue weighted by atomic mass is 10.2. The van der Waals surface area contributed by atoms with E-state index in [4.69, 9.17) is 5.26 Å². The number of hydrogen-bond donors (Lipinski definition) is 1. The van der Waals surface area contributed by atoms with Crippen molar-refractivity contribution in [2.75, 3.05) is 18.8 Å². The van der Waals surface area contributed by atoms with Crippen molar-refractivity contribution in [3.63, 3.8) is 0 Å². The molecule has 0 spiro atoms. The molecule has 1 N–H and O–H groups in total. The Morgan fingerprint density at radius 3 is 2.67 bits per heavy atom. The van der Waals surface area contributed by atoms with Gasteiger partial charge in [-0.05, 0) is 20.3 Å². The van der Waals surface area contributed by atoms with Gasteiger partial charge in [0.2, 0.25) is 0 Å². The van der Waals surface area contributed by atoms with E-state index < -0.39 is 12.0 Å². The van der Waals surface area contributed by atoms with Crippen LogP contribution in [0, 0.1) is 17.2 Å². The fraction of sp³-hybridized carbons (Fsp3) is 0.786. The lowest BCUT2D eigenvalue weighted by Gasteiger charge is -2.33. The number of rotatable bonds is 6. The van der Waals surface area contributed by atoms with E-state index >= 15 is 0 Å². The molecule has 2 amide bonds. The topological polar surface area (TPSA) is 84.6 Å². The lowest BCUT2D eigenvalue weighted by molar-refractivity contribution is -0.141. The van der Waals surface area contributed by atoms with Crippen LogP contribution in [0.1, 0.15) is 33.6 Å². The highest BCUT2D eigenvalue weighted by atomic mass is 32.2. The molecule has 1 rings (SSSR count). The number of nitrogens with zero attached hydrogens (tertiary/aromatic N) is 3. The van der Waals surface area contributed by atoms with Crippen LogP contribution in [0.25, 0.3) is 0 Å². The molecule has 1 heterocycles. The predicted molar refractivity (Wildman–Crippen MR) is 81.8 cm³/mol. The molecule has 0 aromatic carbocycles. The Morgan fingerprint density at radius 1 is 1.52 bits per heavy atom. The van der Waals surface area contributed by atoms with Crippen LogP contribution in [0.4, 0.5) is 4.79 Å². The summed E-state index contributed by atoms with van der Waals surface area (Å²) in [7, 11) is 0. The molecule has 1 saturated heterocycles. The van der Waals surface area contributed by atoms with E-state index in [-0.39, 0.29) is 17.3 Å². The summed E-state index contributed by atoms with van der Waals surface area (Å²) < 4.78 is 0. The molecule has 0 saturated carbocycles. The van der Waals surface area contributed by atoms with Gasteiger partial charge in [0.15, 0.2) is 0 Å². The number of aliphatic carboxylic acids is 1. The highest BCUT2D eigenvalue weighted by Gasteiger charge is 2.42. The van der Waals surface area contributed by atoms with Crippen molar-refractivity contribution in [3.05, 3.63) is 0 Å². The van der Waals surface area contributed by atoms with Gasteiger partial charge in [0.05, 0.1) is 17.4 Å². The Balaban J connectivity index is 2.91. The quantitative estimate of drug-likeness (QED) is 0.812. The van der Waals surface area contributed by atoms with Crippen LogP contribution in [0.3, 0.4) is 0 Å². The molecular weight excluding hydrogens is 290 g/mol. The third-order valence-electron chi connectivity index (χ3n) is 3.50. The number of carbonyl (C=O) groups excluding carboxylic acids is 1. The summed E-state index contributed by atoms with van der Waals surface area (Å²) in [5.41, 5.74) is 0. The van der Waals surface area contributed by atoms with Gasteiger partial charge in [-0.1, -0.05) is 13.3 Å². The van der Waals surface area contributed by atoms with Crippen LogP contribution in [0.5, 0.6) is 0 Å². The van der Waals surface area contributed by atoms with Crippen molar-refractivity contribution in [1.82, 2.24) is 9.80 Å². The van der Waals surface area contributed by atoms with E-state index in [9.17, 15) is 14.7 Å². The van der Waals surface area contributed by atoms with Gasteiger partial charge in [0.1, 0.15) is 6.04 Å². The summed E-state index contributed by atoms with van der Waals surface area (Å²) in [6.45, 7) is 6.42. The van der Waals surface area contributed by atoms with Crippen molar-refractivity contribution in [2.45, 2.75) is 45.0 Å². The number of thioether (sulfide) groups is 1. The number of urea groups is 1. The summed E-state index contributed by atoms with van der Waals surface area (Å²) in [5.74, 6) is -0.798. The van der Waals surface area contributed by atoms with Gasteiger partial charge in [0, 0.05) is 18.8 Å².